The van der Waals surface area contributed by atoms with Crippen LogP contribution in [0.1, 0.15) is 0 Å². The standard InChI is InChI=1S/C6H13AsO9/c8-1-2(9)4(11)6(5(12)3(1)10)16-7(13,14)15/h1-6,8-12H,(H2,13,14,15). The summed E-state index contributed by atoms with van der Waals surface area (Å²) in [6.45, 7) is 0. The zero-order chi connectivity index (χ0) is 12.7. The van der Waals surface area contributed by atoms with Crippen molar-refractivity contribution < 1.29 is 41.2 Å². The fourth-order valence-electron chi connectivity index (χ4n) is 1.48. The van der Waals surface area contributed by atoms with E-state index in [4.69, 9.17) is 13.3 Å². The predicted octanol–water partition coefficient (Wildman–Crippen LogP) is -4.96. The summed E-state index contributed by atoms with van der Waals surface area (Å²) in [5.41, 5.74) is 0. The van der Waals surface area contributed by atoms with Gasteiger partial charge in [-0.1, -0.05) is 0 Å². The van der Waals surface area contributed by atoms with Crippen LogP contribution in [0.5, 0.6) is 0 Å². The van der Waals surface area contributed by atoms with E-state index in [9.17, 15) is 24.2 Å². The Morgan fingerprint density at radius 1 is 0.750 bits per heavy atom. The average molecular weight is 304 g/mol. The summed E-state index contributed by atoms with van der Waals surface area (Å²) in [6.07, 6.45) is -11.3. The summed E-state index contributed by atoms with van der Waals surface area (Å²) in [5.74, 6) is 0. The van der Waals surface area contributed by atoms with Crippen LogP contribution in [0.25, 0.3) is 0 Å². The molecule has 4 unspecified atom stereocenters. The van der Waals surface area contributed by atoms with E-state index >= 15 is 0 Å². The second-order valence-electron chi connectivity index (χ2n) is 3.51. The van der Waals surface area contributed by atoms with Crippen molar-refractivity contribution in [3.05, 3.63) is 0 Å². The molecule has 0 aromatic heterocycles. The molecule has 9 nitrogen and oxygen atoms in total. The van der Waals surface area contributed by atoms with Crippen LogP contribution in [0.2, 0.25) is 0 Å². The Morgan fingerprint density at radius 3 is 1.38 bits per heavy atom. The fourth-order valence-corrected chi connectivity index (χ4v) is 2.67. The molecule has 1 rings (SSSR count). The van der Waals surface area contributed by atoms with Crippen molar-refractivity contribution in [1.82, 2.24) is 0 Å². The van der Waals surface area contributed by atoms with Crippen LogP contribution in [-0.4, -0.2) is 84.9 Å². The molecule has 0 spiro atoms. The number of aliphatic hydroxyl groups is 5. The molecule has 1 aliphatic carbocycles. The molecule has 0 radical (unpaired) electrons. The molecule has 1 aliphatic rings. The Bertz CT molecular complexity index is 274. The molecular weight excluding hydrogens is 291 g/mol. The third kappa shape index (κ3) is 2.83. The first-order chi connectivity index (χ1) is 7.15. The first-order valence-electron chi connectivity index (χ1n) is 4.29. The minimum atomic E-state index is -5.61. The molecule has 16 heavy (non-hydrogen) atoms. The zero-order valence-corrected chi connectivity index (χ0v) is 9.73. The molecule has 1 fully saturated rings. The van der Waals surface area contributed by atoms with Crippen LogP contribution in [-0.2, 0) is 7.47 Å². The van der Waals surface area contributed by atoms with Gasteiger partial charge in [0, 0.05) is 0 Å². The van der Waals surface area contributed by atoms with E-state index in [-0.39, 0.29) is 0 Å². The monoisotopic (exact) mass is 304 g/mol. The molecule has 1 saturated carbocycles. The first-order valence-corrected chi connectivity index (χ1v) is 7.50. The Labute approximate surface area is 92.9 Å². The number of hydrogen-bond acceptors (Lipinski definition) is 7. The number of rotatable bonds is 2. The Balaban J connectivity index is 2.87. The van der Waals surface area contributed by atoms with Gasteiger partial charge in [0.05, 0.1) is 0 Å². The summed E-state index contributed by atoms with van der Waals surface area (Å²) >= 11 is -5.61. The van der Waals surface area contributed by atoms with E-state index in [1.165, 1.54) is 0 Å². The van der Waals surface area contributed by atoms with E-state index < -0.39 is 51.1 Å². The van der Waals surface area contributed by atoms with E-state index in [1.54, 1.807) is 0 Å². The molecule has 96 valence electrons. The molecule has 0 aliphatic heterocycles. The Morgan fingerprint density at radius 2 is 1.06 bits per heavy atom. The summed E-state index contributed by atoms with van der Waals surface area (Å²) < 4.78 is 31.8. The molecule has 7 N–H and O–H groups in total. The van der Waals surface area contributed by atoms with Gasteiger partial charge >= 0.3 is 92.3 Å². The molecule has 4 atom stereocenters. The Hall–Kier alpha value is 0.0384. The topological polar surface area (TPSA) is 168 Å². The van der Waals surface area contributed by atoms with Crippen LogP contribution in [0.3, 0.4) is 0 Å². The van der Waals surface area contributed by atoms with Crippen molar-refractivity contribution in [2.45, 2.75) is 36.6 Å². The molecule has 0 saturated heterocycles. The van der Waals surface area contributed by atoms with Crippen molar-refractivity contribution in [1.29, 1.82) is 0 Å². The van der Waals surface area contributed by atoms with E-state index in [0.717, 1.165) is 0 Å². The number of aliphatic hydroxyl groups excluding tert-OH is 5. The molecule has 0 amide bonds. The van der Waals surface area contributed by atoms with Gasteiger partial charge in [0.2, 0.25) is 0 Å². The van der Waals surface area contributed by atoms with E-state index in [1.807, 2.05) is 0 Å². The van der Waals surface area contributed by atoms with Crippen LogP contribution in [0.4, 0.5) is 0 Å². The summed E-state index contributed by atoms with van der Waals surface area (Å²) in [7, 11) is 0. The van der Waals surface area contributed by atoms with Crippen molar-refractivity contribution >= 4 is 14.5 Å². The molecule has 0 aromatic carbocycles. The third-order valence-corrected chi connectivity index (χ3v) is 3.42. The van der Waals surface area contributed by atoms with Gasteiger partial charge in [0.15, 0.2) is 0 Å². The quantitative estimate of drug-likeness (QED) is 0.247. The molecule has 0 heterocycles. The summed E-state index contributed by atoms with van der Waals surface area (Å²) in [4.78, 5) is 0. The SMILES string of the molecule is O=[As](O)(O)OC1C(O)C(O)C(O)C(O)C1O. The average Bonchev–Trinajstić information content (AvgIpc) is 2.17. The van der Waals surface area contributed by atoms with Gasteiger partial charge in [-0.2, -0.15) is 0 Å². The van der Waals surface area contributed by atoms with Gasteiger partial charge in [0.1, 0.15) is 0 Å². The second kappa shape index (κ2) is 4.73. The molecule has 0 aromatic rings. The summed E-state index contributed by atoms with van der Waals surface area (Å²) in [6, 6.07) is 0. The maximum absolute atomic E-state index is 10.6. The fraction of sp³-hybridized carbons (Fsp3) is 1.00. The van der Waals surface area contributed by atoms with Gasteiger partial charge in [-0.15, -0.1) is 0 Å². The normalized spacial score (nSPS) is 45.7. The predicted molar refractivity (Wildman–Crippen MR) is 45.8 cm³/mol. The van der Waals surface area contributed by atoms with Gasteiger partial charge in [-0.05, 0) is 0 Å². The van der Waals surface area contributed by atoms with Crippen LogP contribution in [0.15, 0.2) is 0 Å². The van der Waals surface area contributed by atoms with Crippen LogP contribution >= 0.6 is 0 Å². The van der Waals surface area contributed by atoms with Crippen LogP contribution in [0, 0.1) is 0 Å². The molecule has 10 heteroatoms. The van der Waals surface area contributed by atoms with Gasteiger partial charge in [-0.3, -0.25) is 0 Å². The van der Waals surface area contributed by atoms with Crippen molar-refractivity contribution in [3.63, 3.8) is 0 Å². The minimum absolute atomic E-state index is 1.83. The molecule has 0 bridgehead atoms. The second-order valence-corrected chi connectivity index (χ2v) is 6.01. The van der Waals surface area contributed by atoms with E-state index in [0.29, 0.717) is 0 Å². The summed E-state index contributed by atoms with van der Waals surface area (Å²) in [5, 5.41) is 46.2. The van der Waals surface area contributed by atoms with Crippen LogP contribution < -0.4 is 0 Å². The van der Waals surface area contributed by atoms with Gasteiger partial charge < -0.3 is 0 Å². The van der Waals surface area contributed by atoms with Gasteiger partial charge in [-0.25, -0.2) is 0 Å². The van der Waals surface area contributed by atoms with Gasteiger partial charge in [0.25, 0.3) is 0 Å². The zero-order valence-electron chi connectivity index (χ0n) is 7.86. The Kier molecular flexibility index (Phi) is 4.17. The first kappa shape index (κ1) is 14.1. The van der Waals surface area contributed by atoms with E-state index in [2.05, 4.69) is 3.73 Å². The van der Waals surface area contributed by atoms with Crippen molar-refractivity contribution in [3.8, 4) is 0 Å². The van der Waals surface area contributed by atoms with Crippen molar-refractivity contribution in [2.75, 3.05) is 0 Å². The van der Waals surface area contributed by atoms with Crippen molar-refractivity contribution in [2.24, 2.45) is 0 Å². The third-order valence-electron chi connectivity index (χ3n) is 2.33. The maximum atomic E-state index is 10.6. The molecular formula is C6H13AsO9. The number of hydrogen-bond donors (Lipinski definition) is 7.